The van der Waals surface area contributed by atoms with Gasteiger partial charge in [0.25, 0.3) is 5.91 Å². The number of phenolic OH excluding ortho intramolecular Hbond substituents is 1. The van der Waals surface area contributed by atoms with Crippen LogP contribution in [0.3, 0.4) is 0 Å². The number of carbonyl (C=O) groups excluding carboxylic acids is 1. The molecule has 0 spiro atoms. The van der Waals surface area contributed by atoms with E-state index in [0.717, 1.165) is 40.7 Å². The topological polar surface area (TPSA) is 61.4 Å². The van der Waals surface area contributed by atoms with E-state index in [1.807, 2.05) is 0 Å². The fourth-order valence-corrected chi connectivity index (χ4v) is 6.40. The number of phenols is 1. The largest absolute Gasteiger partial charge is 0.506 e. The summed E-state index contributed by atoms with van der Waals surface area (Å²) in [5.74, 6) is 0.536. The number of amides is 1. The first-order chi connectivity index (χ1) is 13.2. The SMILES string of the molecule is CCC(C)(C)C1CCc2c(sc3c2C(=O)NC(c2cc(Br)cc(Cl)c2O)N3)C1. The average Bonchev–Trinajstić information content (AvgIpc) is 3.02. The molecule has 1 aliphatic heterocycles. The molecule has 1 amide bonds. The van der Waals surface area contributed by atoms with E-state index in [0.29, 0.717) is 16.9 Å². The summed E-state index contributed by atoms with van der Waals surface area (Å²) in [5.41, 5.74) is 2.83. The van der Waals surface area contributed by atoms with Crippen molar-refractivity contribution in [2.75, 3.05) is 5.32 Å². The van der Waals surface area contributed by atoms with E-state index >= 15 is 0 Å². The van der Waals surface area contributed by atoms with E-state index in [1.165, 1.54) is 10.4 Å². The number of benzene rings is 1. The molecule has 150 valence electrons. The Kier molecular flexibility index (Phi) is 5.17. The quantitative estimate of drug-likeness (QED) is 0.482. The van der Waals surface area contributed by atoms with Crippen LogP contribution in [0.15, 0.2) is 16.6 Å². The number of hydrogen-bond acceptors (Lipinski definition) is 4. The predicted molar refractivity (Wildman–Crippen MR) is 119 cm³/mol. The third-order valence-electron chi connectivity index (χ3n) is 6.43. The van der Waals surface area contributed by atoms with Crippen LogP contribution in [0.1, 0.15) is 66.1 Å². The Hall–Kier alpha value is -1.24. The normalized spacial score (nSPS) is 21.5. The summed E-state index contributed by atoms with van der Waals surface area (Å²) in [7, 11) is 0. The molecule has 1 aromatic heterocycles. The van der Waals surface area contributed by atoms with Crippen LogP contribution in [0.2, 0.25) is 5.02 Å². The van der Waals surface area contributed by atoms with Crippen LogP contribution in [0.4, 0.5) is 5.00 Å². The van der Waals surface area contributed by atoms with Crippen LogP contribution >= 0.6 is 38.9 Å². The van der Waals surface area contributed by atoms with Gasteiger partial charge in [0.05, 0.1) is 10.6 Å². The maximum absolute atomic E-state index is 12.9. The van der Waals surface area contributed by atoms with Gasteiger partial charge in [0.2, 0.25) is 0 Å². The van der Waals surface area contributed by atoms with Gasteiger partial charge < -0.3 is 15.7 Å². The Bertz CT molecular complexity index is 956. The van der Waals surface area contributed by atoms with Crippen LogP contribution in [0, 0.1) is 11.3 Å². The molecule has 2 unspecified atom stereocenters. The molecule has 2 aromatic rings. The fourth-order valence-electron chi connectivity index (χ4n) is 4.22. The molecule has 0 bridgehead atoms. The molecule has 2 atom stereocenters. The van der Waals surface area contributed by atoms with Gasteiger partial charge in [0.15, 0.2) is 0 Å². The summed E-state index contributed by atoms with van der Waals surface area (Å²) in [6.07, 6.45) is 3.74. The Morgan fingerprint density at radius 2 is 2.11 bits per heavy atom. The van der Waals surface area contributed by atoms with E-state index in [-0.39, 0.29) is 16.7 Å². The molecule has 1 aromatic carbocycles. The van der Waals surface area contributed by atoms with Crippen LogP contribution in [-0.4, -0.2) is 11.0 Å². The van der Waals surface area contributed by atoms with Crippen molar-refractivity contribution >= 4 is 49.8 Å². The molecule has 0 saturated heterocycles. The highest BCUT2D eigenvalue weighted by Gasteiger charge is 2.37. The minimum absolute atomic E-state index is 0.0165. The van der Waals surface area contributed by atoms with E-state index in [1.54, 1.807) is 23.5 Å². The average molecular weight is 484 g/mol. The molecule has 0 radical (unpaired) electrons. The monoisotopic (exact) mass is 482 g/mol. The second-order valence-corrected chi connectivity index (χ2v) is 10.8. The number of thiophene rings is 1. The molecule has 0 saturated carbocycles. The molecule has 3 N–H and O–H groups in total. The lowest BCUT2D eigenvalue weighted by atomic mass is 9.69. The summed E-state index contributed by atoms with van der Waals surface area (Å²) in [6.45, 7) is 6.94. The van der Waals surface area contributed by atoms with Crippen molar-refractivity contribution in [1.29, 1.82) is 0 Å². The molecule has 0 fully saturated rings. The van der Waals surface area contributed by atoms with Gasteiger partial charge in [-0.2, -0.15) is 0 Å². The predicted octanol–water partition coefficient (Wildman–Crippen LogP) is 6.26. The van der Waals surface area contributed by atoms with E-state index < -0.39 is 6.17 Å². The van der Waals surface area contributed by atoms with Crippen LogP contribution in [0.5, 0.6) is 5.75 Å². The highest BCUT2D eigenvalue weighted by atomic mass is 79.9. The first-order valence-electron chi connectivity index (χ1n) is 9.61. The third-order valence-corrected chi connectivity index (χ3v) is 8.36. The van der Waals surface area contributed by atoms with E-state index in [9.17, 15) is 9.90 Å². The molecule has 1 aliphatic carbocycles. The molecule has 4 rings (SSSR count). The number of aromatic hydroxyl groups is 1. The van der Waals surface area contributed by atoms with Gasteiger partial charge in [-0.15, -0.1) is 11.3 Å². The minimum Gasteiger partial charge on any atom is -0.506 e. The lowest BCUT2D eigenvalue weighted by Gasteiger charge is -2.36. The number of hydrogen-bond donors (Lipinski definition) is 3. The van der Waals surface area contributed by atoms with Crippen LogP contribution in [0.25, 0.3) is 0 Å². The smallest absolute Gasteiger partial charge is 0.256 e. The maximum atomic E-state index is 12.9. The zero-order valence-corrected chi connectivity index (χ0v) is 19.3. The third kappa shape index (κ3) is 3.33. The standard InChI is InChI=1S/C21H24BrClN2O2S/c1-4-21(2,3)10-5-6-12-15(7-10)28-20-16(12)19(27)24-18(25-20)13-8-11(22)9-14(23)17(13)26/h8-10,18,25-26H,4-7H2,1-3H3,(H,24,27). The summed E-state index contributed by atoms with van der Waals surface area (Å²) in [5, 5.41) is 17.9. The van der Waals surface area contributed by atoms with Gasteiger partial charge in [-0.25, -0.2) is 0 Å². The van der Waals surface area contributed by atoms with Gasteiger partial charge in [0.1, 0.15) is 16.9 Å². The Labute approximate surface area is 182 Å². The second-order valence-electron chi connectivity index (χ2n) is 8.37. The number of rotatable bonds is 3. The zero-order chi connectivity index (χ0) is 20.2. The molecule has 7 heteroatoms. The molecular formula is C21H24BrClN2O2S. The number of nitrogens with one attached hydrogen (secondary N) is 2. The number of carbonyl (C=O) groups is 1. The molecule has 2 heterocycles. The summed E-state index contributed by atoms with van der Waals surface area (Å²) in [4.78, 5) is 14.3. The Morgan fingerprint density at radius 3 is 2.82 bits per heavy atom. The van der Waals surface area contributed by atoms with Crippen molar-refractivity contribution in [3.05, 3.63) is 43.2 Å². The highest BCUT2D eigenvalue weighted by molar-refractivity contribution is 9.10. The van der Waals surface area contributed by atoms with Crippen molar-refractivity contribution in [2.45, 2.75) is 52.6 Å². The Balaban J connectivity index is 1.67. The first kappa shape index (κ1) is 20.0. The second kappa shape index (κ2) is 7.22. The number of fused-ring (bicyclic) bond motifs is 3. The zero-order valence-electron chi connectivity index (χ0n) is 16.2. The summed E-state index contributed by atoms with van der Waals surface area (Å²) >= 11 is 11.2. The van der Waals surface area contributed by atoms with Crippen molar-refractivity contribution in [2.24, 2.45) is 11.3 Å². The summed E-state index contributed by atoms with van der Waals surface area (Å²) in [6, 6.07) is 3.41. The van der Waals surface area contributed by atoms with Gasteiger partial charge in [-0.05, 0) is 48.3 Å². The minimum atomic E-state index is -0.516. The van der Waals surface area contributed by atoms with Crippen molar-refractivity contribution in [3.8, 4) is 5.75 Å². The van der Waals surface area contributed by atoms with Gasteiger partial charge in [-0.1, -0.05) is 54.7 Å². The van der Waals surface area contributed by atoms with Gasteiger partial charge in [-0.3, -0.25) is 4.79 Å². The van der Waals surface area contributed by atoms with Crippen molar-refractivity contribution < 1.29 is 9.90 Å². The van der Waals surface area contributed by atoms with Gasteiger partial charge >= 0.3 is 0 Å². The number of halogens is 2. The molecule has 2 aliphatic rings. The lowest BCUT2D eigenvalue weighted by Crippen LogP contribution is -2.38. The van der Waals surface area contributed by atoms with Crippen molar-refractivity contribution in [1.82, 2.24) is 5.32 Å². The van der Waals surface area contributed by atoms with Crippen LogP contribution in [-0.2, 0) is 12.8 Å². The molecule has 4 nitrogen and oxygen atoms in total. The summed E-state index contributed by atoms with van der Waals surface area (Å²) < 4.78 is 0.752. The molecule has 28 heavy (non-hydrogen) atoms. The van der Waals surface area contributed by atoms with Crippen molar-refractivity contribution in [3.63, 3.8) is 0 Å². The first-order valence-corrected chi connectivity index (χ1v) is 11.6. The fraction of sp³-hybridized carbons (Fsp3) is 0.476. The number of anilines is 1. The lowest BCUT2D eigenvalue weighted by molar-refractivity contribution is 0.0934. The van der Waals surface area contributed by atoms with Gasteiger partial charge in [0, 0.05) is 14.9 Å². The molecular weight excluding hydrogens is 460 g/mol. The van der Waals surface area contributed by atoms with Crippen LogP contribution < -0.4 is 10.6 Å². The maximum Gasteiger partial charge on any atom is 0.256 e. The van der Waals surface area contributed by atoms with E-state index in [2.05, 4.69) is 47.3 Å². The Morgan fingerprint density at radius 1 is 1.36 bits per heavy atom. The van der Waals surface area contributed by atoms with E-state index in [4.69, 9.17) is 11.6 Å². The highest BCUT2D eigenvalue weighted by Crippen LogP contribution is 2.47.